The normalized spacial score (nSPS) is 11.4. The third-order valence-electron chi connectivity index (χ3n) is 3.29. The van der Waals surface area contributed by atoms with Crippen LogP contribution in [0.15, 0.2) is 12.2 Å². The van der Waals surface area contributed by atoms with Gasteiger partial charge in [-0.2, -0.15) is 0 Å². The summed E-state index contributed by atoms with van der Waals surface area (Å²) in [5.41, 5.74) is 0.928. The van der Waals surface area contributed by atoms with E-state index < -0.39 is 0 Å². The fraction of sp³-hybridized carbons (Fsp3) is 0.769. The first-order chi connectivity index (χ1) is 6.51. The summed E-state index contributed by atoms with van der Waals surface area (Å²) in [5, 5.41) is 0. The van der Waals surface area contributed by atoms with Crippen molar-refractivity contribution in [3.05, 3.63) is 12.2 Å². The van der Waals surface area contributed by atoms with Crippen LogP contribution in [-0.2, 0) is 4.79 Å². The predicted octanol–water partition coefficient (Wildman–Crippen LogP) is 4.13. The molecule has 0 radical (unpaired) electrons. The van der Waals surface area contributed by atoms with Gasteiger partial charge < -0.3 is 0 Å². The highest BCUT2D eigenvalue weighted by Crippen LogP contribution is 2.36. The highest BCUT2D eigenvalue weighted by atomic mass is 16.1. The van der Waals surface area contributed by atoms with Crippen LogP contribution < -0.4 is 0 Å². The molecule has 0 aliphatic carbocycles. The van der Waals surface area contributed by atoms with E-state index in [4.69, 9.17) is 0 Å². The Balaban J connectivity index is 4.49. The Labute approximate surface area is 88.6 Å². The van der Waals surface area contributed by atoms with E-state index >= 15 is 0 Å². The molecular formula is C13H24O. The van der Waals surface area contributed by atoms with E-state index in [9.17, 15) is 4.79 Å². The second kappa shape index (κ2) is 6.00. The molecule has 0 spiro atoms. The molecule has 0 aromatic rings. The molecule has 0 aliphatic rings. The van der Waals surface area contributed by atoms with Crippen molar-refractivity contribution in [1.82, 2.24) is 0 Å². The van der Waals surface area contributed by atoms with Crippen LogP contribution in [0.3, 0.4) is 0 Å². The van der Waals surface area contributed by atoms with Crippen LogP contribution in [0.4, 0.5) is 0 Å². The molecule has 0 fully saturated rings. The first-order valence-corrected chi connectivity index (χ1v) is 5.70. The van der Waals surface area contributed by atoms with Crippen molar-refractivity contribution in [3.63, 3.8) is 0 Å². The largest absolute Gasteiger partial charge is 0.295 e. The molecule has 0 bridgehead atoms. The predicted molar refractivity (Wildman–Crippen MR) is 62.4 cm³/mol. The van der Waals surface area contributed by atoms with Crippen LogP contribution >= 0.6 is 0 Å². The number of rotatable bonds is 7. The molecule has 0 aromatic carbocycles. The molecule has 0 saturated carbocycles. The summed E-state index contributed by atoms with van der Waals surface area (Å²) >= 11 is 0. The molecule has 0 amide bonds. The maximum Gasteiger partial charge on any atom is 0.158 e. The minimum atomic E-state index is 0.227. The maximum atomic E-state index is 11.7. The zero-order valence-electron chi connectivity index (χ0n) is 10.2. The molecule has 0 aliphatic heterocycles. The Kier molecular flexibility index (Phi) is 5.75. The SMILES string of the molecule is C=C(C)C(=O)CC(CC)(CC)CCC. The standard InChI is InChI=1S/C13H24O/c1-6-9-13(7-2,8-3)10-12(14)11(4)5/h4,6-10H2,1-3,5H3. The van der Waals surface area contributed by atoms with Crippen molar-refractivity contribution in [1.29, 1.82) is 0 Å². The molecule has 14 heavy (non-hydrogen) atoms. The summed E-state index contributed by atoms with van der Waals surface area (Å²) in [4.78, 5) is 11.7. The van der Waals surface area contributed by atoms with Gasteiger partial charge in [0.15, 0.2) is 5.78 Å². The van der Waals surface area contributed by atoms with E-state index in [1.807, 2.05) is 6.92 Å². The smallest absolute Gasteiger partial charge is 0.158 e. The fourth-order valence-electron chi connectivity index (χ4n) is 1.96. The first-order valence-electron chi connectivity index (χ1n) is 5.70. The number of allylic oxidation sites excluding steroid dienone is 1. The van der Waals surface area contributed by atoms with Gasteiger partial charge in [-0.1, -0.05) is 46.6 Å². The number of carbonyl (C=O) groups is 1. The molecular weight excluding hydrogens is 172 g/mol. The number of ketones is 1. The van der Waals surface area contributed by atoms with Crippen molar-refractivity contribution in [2.24, 2.45) is 5.41 Å². The Morgan fingerprint density at radius 1 is 1.21 bits per heavy atom. The second-order valence-corrected chi connectivity index (χ2v) is 4.34. The van der Waals surface area contributed by atoms with Crippen molar-refractivity contribution < 1.29 is 4.79 Å². The molecule has 0 heterocycles. The molecule has 0 unspecified atom stereocenters. The van der Waals surface area contributed by atoms with Gasteiger partial charge >= 0.3 is 0 Å². The van der Waals surface area contributed by atoms with Gasteiger partial charge in [0.1, 0.15) is 0 Å². The topological polar surface area (TPSA) is 17.1 Å². The van der Waals surface area contributed by atoms with Crippen LogP contribution in [0.25, 0.3) is 0 Å². The van der Waals surface area contributed by atoms with Gasteiger partial charge in [0.2, 0.25) is 0 Å². The van der Waals surface area contributed by atoms with E-state index in [0.29, 0.717) is 12.0 Å². The minimum absolute atomic E-state index is 0.227. The van der Waals surface area contributed by atoms with Crippen LogP contribution in [0.1, 0.15) is 59.8 Å². The lowest BCUT2D eigenvalue weighted by Gasteiger charge is -2.30. The van der Waals surface area contributed by atoms with Crippen LogP contribution in [0.2, 0.25) is 0 Å². The zero-order chi connectivity index (χ0) is 11.2. The van der Waals surface area contributed by atoms with Gasteiger partial charge in [-0.3, -0.25) is 4.79 Å². The molecule has 0 aromatic heterocycles. The van der Waals surface area contributed by atoms with Crippen LogP contribution in [-0.4, -0.2) is 5.78 Å². The van der Waals surface area contributed by atoms with Gasteiger partial charge in [-0.05, 0) is 24.3 Å². The average molecular weight is 196 g/mol. The Bertz CT molecular complexity index is 199. The van der Waals surface area contributed by atoms with Gasteiger partial charge in [0, 0.05) is 6.42 Å². The van der Waals surface area contributed by atoms with Gasteiger partial charge in [0.25, 0.3) is 0 Å². The monoisotopic (exact) mass is 196 g/mol. The summed E-state index contributed by atoms with van der Waals surface area (Å²) in [6.45, 7) is 12.1. The van der Waals surface area contributed by atoms with Crippen molar-refractivity contribution >= 4 is 5.78 Å². The zero-order valence-corrected chi connectivity index (χ0v) is 10.2. The Morgan fingerprint density at radius 2 is 1.71 bits per heavy atom. The molecule has 82 valence electrons. The van der Waals surface area contributed by atoms with Gasteiger partial charge in [-0.25, -0.2) is 0 Å². The molecule has 1 heteroatoms. The molecule has 0 N–H and O–H groups in total. The van der Waals surface area contributed by atoms with Crippen molar-refractivity contribution in [2.45, 2.75) is 59.8 Å². The van der Waals surface area contributed by atoms with E-state index in [1.54, 1.807) is 0 Å². The molecule has 1 nitrogen and oxygen atoms in total. The van der Waals surface area contributed by atoms with E-state index in [1.165, 1.54) is 0 Å². The highest BCUT2D eigenvalue weighted by Gasteiger charge is 2.27. The molecule has 0 atom stereocenters. The summed E-state index contributed by atoms with van der Waals surface area (Å²) < 4.78 is 0. The quantitative estimate of drug-likeness (QED) is 0.560. The average Bonchev–Trinajstić information content (AvgIpc) is 2.16. The van der Waals surface area contributed by atoms with Crippen LogP contribution in [0.5, 0.6) is 0 Å². The Hall–Kier alpha value is -0.590. The summed E-state index contributed by atoms with van der Waals surface area (Å²) in [6, 6.07) is 0. The maximum absolute atomic E-state index is 11.7. The van der Waals surface area contributed by atoms with Gasteiger partial charge in [-0.15, -0.1) is 0 Å². The third kappa shape index (κ3) is 3.65. The second-order valence-electron chi connectivity index (χ2n) is 4.34. The molecule has 0 rings (SSSR count). The van der Waals surface area contributed by atoms with Gasteiger partial charge in [0.05, 0.1) is 0 Å². The van der Waals surface area contributed by atoms with Crippen molar-refractivity contribution in [2.75, 3.05) is 0 Å². The summed E-state index contributed by atoms with van der Waals surface area (Å²) in [7, 11) is 0. The number of hydrogen-bond donors (Lipinski definition) is 0. The lowest BCUT2D eigenvalue weighted by atomic mass is 9.74. The van der Waals surface area contributed by atoms with Crippen LogP contribution in [0, 0.1) is 5.41 Å². The lowest BCUT2D eigenvalue weighted by Crippen LogP contribution is -2.23. The number of Topliss-reactive ketones (excluding diaryl/α,β-unsaturated/α-hetero) is 1. The summed E-state index contributed by atoms with van der Waals surface area (Å²) in [6.07, 6.45) is 5.18. The fourth-order valence-corrected chi connectivity index (χ4v) is 1.96. The highest BCUT2D eigenvalue weighted by molar-refractivity contribution is 5.94. The lowest BCUT2D eigenvalue weighted by molar-refractivity contribution is -0.118. The first kappa shape index (κ1) is 13.4. The Morgan fingerprint density at radius 3 is 2.00 bits per heavy atom. The van der Waals surface area contributed by atoms with E-state index in [2.05, 4.69) is 27.4 Å². The summed E-state index contributed by atoms with van der Waals surface area (Å²) in [5.74, 6) is 0.238. The van der Waals surface area contributed by atoms with Crippen molar-refractivity contribution in [3.8, 4) is 0 Å². The third-order valence-corrected chi connectivity index (χ3v) is 3.29. The molecule has 0 saturated heterocycles. The number of hydrogen-bond acceptors (Lipinski definition) is 1. The van der Waals surface area contributed by atoms with E-state index in [0.717, 1.165) is 25.7 Å². The van der Waals surface area contributed by atoms with E-state index in [-0.39, 0.29) is 11.2 Å². The minimum Gasteiger partial charge on any atom is -0.295 e. The number of carbonyl (C=O) groups excluding carboxylic acids is 1.